The number of carbonyl (C=O) groups is 1. The molecule has 70 valence electrons. The highest BCUT2D eigenvalue weighted by molar-refractivity contribution is 5.66. The number of hydrogen-bond donors (Lipinski definition) is 0. The van der Waals surface area contributed by atoms with Crippen LogP contribution in [0, 0.1) is 0 Å². The van der Waals surface area contributed by atoms with Gasteiger partial charge in [0.05, 0.1) is 0 Å². The smallest absolute Gasteiger partial charge is 0.303 e. The Morgan fingerprint density at radius 1 is 1.33 bits per heavy atom. The van der Waals surface area contributed by atoms with Gasteiger partial charge in [-0.05, 0) is 32.1 Å². The first-order chi connectivity index (χ1) is 5.68. The minimum Gasteiger partial charge on any atom is -0.459 e. The van der Waals surface area contributed by atoms with Crippen molar-refractivity contribution in [2.24, 2.45) is 0 Å². The Bertz CT molecular complexity index is 157. The lowest BCUT2D eigenvalue weighted by atomic mass is 9.83. The lowest BCUT2D eigenvalue weighted by molar-refractivity contribution is -0.161. The van der Waals surface area contributed by atoms with Crippen molar-refractivity contribution in [2.75, 3.05) is 0 Å². The molecule has 0 bridgehead atoms. The molecule has 0 atom stereocenters. The second-order valence-electron chi connectivity index (χ2n) is 3.69. The molecule has 0 heterocycles. The summed E-state index contributed by atoms with van der Waals surface area (Å²) in [5.41, 5.74) is -0.107. The zero-order valence-electron chi connectivity index (χ0n) is 8.06. The van der Waals surface area contributed by atoms with Crippen LogP contribution in [0.3, 0.4) is 0 Å². The van der Waals surface area contributed by atoms with Gasteiger partial charge in [0.2, 0.25) is 0 Å². The summed E-state index contributed by atoms with van der Waals surface area (Å²) in [6.07, 6.45) is 6.80. The van der Waals surface area contributed by atoms with Crippen LogP contribution in [0.4, 0.5) is 0 Å². The van der Waals surface area contributed by atoms with Gasteiger partial charge in [0.15, 0.2) is 0 Å². The lowest BCUT2D eigenvalue weighted by Gasteiger charge is -2.35. The van der Waals surface area contributed by atoms with Gasteiger partial charge in [0.1, 0.15) is 5.60 Å². The van der Waals surface area contributed by atoms with Crippen LogP contribution in [-0.2, 0) is 9.53 Å². The molecule has 2 nitrogen and oxygen atoms in total. The van der Waals surface area contributed by atoms with Crippen molar-refractivity contribution in [3.63, 3.8) is 0 Å². The molecule has 0 unspecified atom stereocenters. The van der Waals surface area contributed by atoms with Crippen LogP contribution in [0.1, 0.15) is 52.4 Å². The zero-order chi connectivity index (χ0) is 9.03. The van der Waals surface area contributed by atoms with Gasteiger partial charge in [-0.15, -0.1) is 0 Å². The van der Waals surface area contributed by atoms with Gasteiger partial charge >= 0.3 is 5.97 Å². The summed E-state index contributed by atoms with van der Waals surface area (Å²) in [4.78, 5) is 10.9. The summed E-state index contributed by atoms with van der Waals surface area (Å²) in [5, 5.41) is 0. The first kappa shape index (κ1) is 9.56. The van der Waals surface area contributed by atoms with Crippen LogP contribution in [0.25, 0.3) is 0 Å². The molecule has 1 aliphatic carbocycles. The van der Waals surface area contributed by atoms with E-state index in [0.29, 0.717) is 0 Å². The highest BCUT2D eigenvalue weighted by Gasteiger charge is 2.32. The van der Waals surface area contributed by atoms with E-state index in [0.717, 1.165) is 19.3 Å². The third kappa shape index (κ3) is 2.23. The maximum Gasteiger partial charge on any atom is 0.303 e. The van der Waals surface area contributed by atoms with Crippen LogP contribution < -0.4 is 0 Å². The van der Waals surface area contributed by atoms with Crippen molar-refractivity contribution >= 4 is 5.97 Å². The molecule has 1 saturated carbocycles. The van der Waals surface area contributed by atoms with Crippen LogP contribution >= 0.6 is 0 Å². The van der Waals surface area contributed by atoms with E-state index in [9.17, 15) is 4.79 Å². The molecule has 0 amide bonds. The van der Waals surface area contributed by atoms with E-state index in [2.05, 4.69) is 6.92 Å². The Morgan fingerprint density at radius 3 is 2.33 bits per heavy atom. The molecular weight excluding hydrogens is 152 g/mol. The molecule has 12 heavy (non-hydrogen) atoms. The van der Waals surface area contributed by atoms with Gasteiger partial charge in [0, 0.05) is 6.92 Å². The first-order valence-electron chi connectivity index (χ1n) is 4.88. The number of rotatable bonds is 2. The minimum atomic E-state index is -0.126. The van der Waals surface area contributed by atoms with Crippen molar-refractivity contribution in [1.29, 1.82) is 0 Å². The molecule has 1 fully saturated rings. The van der Waals surface area contributed by atoms with Crippen LogP contribution in [0.15, 0.2) is 0 Å². The van der Waals surface area contributed by atoms with Gasteiger partial charge in [0.25, 0.3) is 0 Å². The molecule has 1 aliphatic rings. The third-order valence-corrected chi connectivity index (χ3v) is 2.77. The van der Waals surface area contributed by atoms with E-state index in [-0.39, 0.29) is 11.6 Å². The highest BCUT2D eigenvalue weighted by Crippen LogP contribution is 2.34. The number of ether oxygens (including phenoxy) is 1. The fourth-order valence-corrected chi connectivity index (χ4v) is 2.03. The normalized spacial score (nSPS) is 21.8. The summed E-state index contributed by atoms with van der Waals surface area (Å²) < 4.78 is 5.39. The first-order valence-corrected chi connectivity index (χ1v) is 4.88. The fraction of sp³-hybridized carbons (Fsp3) is 0.900. The minimum absolute atomic E-state index is 0.107. The predicted molar refractivity (Wildman–Crippen MR) is 47.9 cm³/mol. The van der Waals surface area contributed by atoms with Gasteiger partial charge in [-0.2, -0.15) is 0 Å². The molecule has 0 radical (unpaired) electrons. The highest BCUT2D eigenvalue weighted by atomic mass is 16.6. The largest absolute Gasteiger partial charge is 0.459 e. The van der Waals surface area contributed by atoms with Crippen LogP contribution in [-0.4, -0.2) is 11.6 Å². The Hall–Kier alpha value is -0.530. The fourth-order valence-electron chi connectivity index (χ4n) is 2.03. The number of carbonyl (C=O) groups excluding carboxylic acids is 1. The second-order valence-corrected chi connectivity index (χ2v) is 3.69. The SMILES string of the molecule is CCC1(OC(C)=O)CCCCC1. The monoisotopic (exact) mass is 170 g/mol. The van der Waals surface area contributed by atoms with Gasteiger partial charge in [-0.1, -0.05) is 13.3 Å². The predicted octanol–water partition coefficient (Wildman–Crippen LogP) is 2.66. The summed E-state index contributed by atoms with van der Waals surface area (Å²) in [6.45, 7) is 3.61. The Labute approximate surface area is 74.3 Å². The molecule has 0 saturated heterocycles. The second kappa shape index (κ2) is 3.92. The molecule has 1 rings (SSSR count). The van der Waals surface area contributed by atoms with E-state index < -0.39 is 0 Å². The standard InChI is InChI=1S/C10H18O2/c1-3-10(12-9(2)11)7-5-4-6-8-10/h3-8H2,1-2H3. The average molecular weight is 170 g/mol. The molecule has 0 aromatic heterocycles. The Balaban J connectivity index is 2.53. The topological polar surface area (TPSA) is 26.3 Å². The van der Waals surface area contributed by atoms with Crippen LogP contribution in [0.5, 0.6) is 0 Å². The molecule has 0 spiro atoms. The van der Waals surface area contributed by atoms with Gasteiger partial charge < -0.3 is 4.74 Å². The maximum atomic E-state index is 10.9. The molecule has 0 aromatic rings. The van der Waals surface area contributed by atoms with E-state index in [1.165, 1.54) is 26.2 Å². The van der Waals surface area contributed by atoms with E-state index in [1.807, 2.05) is 0 Å². The quantitative estimate of drug-likeness (QED) is 0.595. The molecule has 0 N–H and O–H groups in total. The van der Waals surface area contributed by atoms with Crippen molar-refractivity contribution in [1.82, 2.24) is 0 Å². The van der Waals surface area contributed by atoms with E-state index in [1.54, 1.807) is 0 Å². The van der Waals surface area contributed by atoms with Crippen molar-refractivity contribution in [3.8, 4) is 0 Å². The summed E-state index contributed by atoms with van der Waals surface area (Å²) in [7, 11) is 0. The average Bonchev–Trinajstić information content (AvgIpc) is 2.05. The summed E-state index contributed by atoms with van der Waals surface area (Å²) in [5.74, 6) is -0.126. The number of esters is 1. The lowest BCUT2D eigenvalue weighted by Crippen LogP contribution is -2.35. The van der Waals surface area contributed by atoms with Crippen LogP contribution in [0.2, 0.25) is 0 Å². The van der Waals surface area contributed by atoms with Gasteiger partial charge in [-0.3, -0.25) is 4.79 Å². The maximum absolute atomic E-state index is 10.9. The molecule has 0 aliphatic heterocycles. The van der Waals surface area contributed by atoms with E-state index >= 15 is 0 Å². The summed E-state index contributed by atoms with van der Waals surface area (Å²) >= 11 is 0. The third-order valence-electron chi connectivity index (χ3n) is 2.77. The molecular formula is C10H18O2. The molecule has 0 aromatic carbocycles. The van der Waals surface area contributed by atoms with Crippen molar-refractivity contribution in [3.05, 3.63) is 0 Å². The van der Waals surface area contributed by atoms with Crippen molar-refractivity contribution in [2.45, 2.75) is 58.0 Å². The van der Waals surface area contributed by atoms with Gasteiger partial charge in [-0.25, -0.2) is 0 Å². The number of hydrogen-bond acceptors (Lipinski definition) is 2. The Morgan fingerprint density at radius 2 is 1.92 bits per heavy atom. The molecule has 2 heteroatoms. The summed E-state index contributed by atoms with van der Waals surface area (Å²) in [6, 6.07) is 0. The van der Waals surface area contributed by atoms with Crippen molar-refractivity contribution < 1.29 is 9.53 Å². The Kier molecular flexibility index (Phi) is 3.12. The van der Waals surface area contributed by atoms with E-state index in [4.69, 9.17) is 4.74 Å². The zero-order valence-corrected chi connectivity index (χ0v) is 8.06.